The molecule has 0 nitrogen and oxygen atoms in total. The third-order valence-electron chi connectivity index (χ3n) is 9.92. The van der Waals surface area contributed by atoms with E-state index in [-0.39, 0.29) is 14.5 Å². The molecule has 0 saturated heterocycles. The standard InChI is InChI=1S/C46H27ISe/c47-45-37-21-10-8-19-35(37)44(36-20-9-11-22-38(36)45)40-24-12-23-39-30-26-25-29(27-41(30)48-46(39)40)43-33-17-6-4-15-31(33)42(28-13-2-1-3-14-28)32-16-5-7-18-34(32)43/h1-27H. The minimum atomic E-state index is 0.165. The van der Waals surface area contributed by atoms with Gasteiger partial charge in [0.1, 0.15) is 0 Å². The molecule has 0 radical (unpaired) electrons. The molecule has 1 aromatic heterocycles. The van der Waals surface area contributed by atoms with Gasteiger partial charge in [-0.2, -0.15) is 0 Å². The van der Waals surface area contributed by atoms with Crippen LogP contribution in [0.4, 0.5) is 0 Å². The van der Waals surface area contributed by atoms with E-state index in [4.69, 9.17) is 0 Å². The fourth-order valence-electron chi connectivity index (χ4n) is 7.87. The number of rotatable bonds is 3. The Balaban J connectivity index is 1.26. The van der Waals surface area contributed by atoms with Gasteiger partial charge in [0.25, 0.3) is 0 Å². The zero-order chi connectivity index (χ0) is 31.8. The Morgan fingerprint density at radius 3 is 1.35 bits per heavy atom. The van der Waals surface area contributed by atoms with Gasteiger partial charge in [0.05, 0.1) is 0 Å². The second kappa shape index (κ2) is 11.2. The van der Waals surface area contributed by atoms with Gasteiger partial charge in [-0.1, -0.05) is 0 Å². The van der Waals surface area contributed by atoms with E-state index >= 15 is 0 Å². The zero-order valence-electron chi connectivity index (χ0n) is 25.9. The average Bonchev–Trinajstić information content (AvgIpc) is 3.53. The maximum atomic E-state index is 2.54. The van der Waals surface area contributed by atoms with Crippen molar-refractivity contribution in [3.8, 4) is 33.4 Å². The molecular weight excluding hydrogens is 758 g/mol. The number of benzene rings is 9. The Kier molecular flexibility index (Phi) is 6.59. The Bertz CT molecular complexity index is 2780. The average molecular weight is 786 g/mol. The third-order valence-corrected chi connectivity index (χ3v) is 13.6. The van der Waals surface area contributed by atoms with Crippen molar-refractivity contribution in [1.29, 1.82) is 0 Å². The summed E-state index contributed by atoms with van der Waals surface area (Å²) in [6, 6.07) is 60.9. The van der Waals surface area contributed by atoms with E-state index in [2.05, 4.69) is 186 Å². The summed E-state index contributed by atoms with van der Waals surface area (Å²) in [6.07, 6.45) is 0. The molecule has 224 valence electrons. The van der Waals surface area contributed by atoms with Crippen LogP contribution in [0, 0.1) is 3.57 Å². The molecule has 10 aromatic rings. The Hall–Kier alpha value is -4.73. The molecule has 48 heavy (non-hydrogen) atoms. The first-order valence-electron chi connectivity index (χ1n) is 16.3. The van der Waals surface area contributed by atoms with Crippen molar-refractivity contribution in [3.63, 3.8) is 0 Å². The third kappa shape index (κ3) is 4.20. The first-order chi connectivity index (χ1) is 23.8. The van der Waals surface area contributed by atoms with Gasteiger partial charge in [0.15, 0.2) is 0 Å². The molecule has 0 amide bonds. The fraction of sp³-hybridized carbons (Fsp3) is 0. The van der Waals surface area contributed by atoms with Crippen LogP contribution in [-0.4, -0.2) is 14.5 Å². The van der Waals surface area contributed by atoms with Gasteiger partial charge in [0.2, 0.25) is 0 Å². The Morgan fingerprint density at radius 2 is 0.792 bits per heavy atom. The van der Waals surface area contributed by atoms with E-state index in [0.717, 1.165) is 0 Å². The molecule has 0 bridgehead atoms. The van der Waals surface area contributed by atoms with Crippen molar-refractivity contribution in [1.82, 2.24) is 0 Å². The van der Waals surface area contributed by atoms with Crippen molar-refractivity contribution >= 4 is 99.5 Å². The van der Waals surface area contributed by atoms with E-state index < -0.39 is 0 Å². The quantitative estimate of drug-likeness (QED) is 0.0951. The molecule has 0 atom stereocenters. The van der Waals surface area contributed by atoms with Crippen LogP contribution >= 0.6 is 22.6 Å². The molecule has 0 aliphatic heterocycles. The summed E-state index contributed by atoms with van der Waals surface area (Å²) < 4.78 is 4.27. The van der Waals surface area contributed by atoms with Gasteiger partial charge in [-0.15, -0.1) is 0 Å². The summed E-state index contributed by atoms with van der Waals surface area (Å²) in [6.45, 7) is 0. The topological polar surface area (TPSA) is 0 Å². The fourth-order valence-corrected chi connectivity index (χ4v) is 11.5. The maximum absolute atomic E-state index is 2.54. The van der Waals surface area contributed by atoms with E-state index in [0.29, 0.717) is 0 Å². The predicted octanol–water partition coefficient (Wildman–Crippen LogP) is 13.3. The molecule has 2 heteroatoms. The number of fused-ring (bicyclic) bond motifs is 7. The SMILES string of the molecule is Ic1c2ccccc2c(-c2cccc3c2[se]c2cc(-c4c5ccccc5c(-c5ccccc5)c5ccccc45)ccc23)c2ccccc12. The van der Waals surface area contributed by atoms with E-state index in [1.807, 2.05) is 0 Å². The summed E-state index contributed by atoms with van der Waals surface area (Å²) in [5.74, 6) is 0. The Morgan fingerprint density at radius 1 is 0.333 bits per heavy atom. The van der Waals surface area contributed by atoms with Crippen LogP contribution in [0.15, 0.2) is 164 Å². The molecule has 0 unspecified atom stereocenters. The first-order valence-corrected chi connectivity index (χ1v) is 19.1. The van der Waals surface area contributed by atoms with Crippen molar-refractivity contribution < 1.29 is 0 Å². The monoisotopic (exact) mass is 786 g/mol. The van der Waals surface area contributed by atoms with Gasteiger partial charge < -0.3 is 0 Å². The summed E-state index contributed by atoms with van der Waals surface area (Å²) in [5.41, 5.74) is 7.92. The molecule has 0 aliphatic rings. The molecular formula is C46H27ISe. The van der Waals surface area contributed by atoms with Crippen LogP contribution in [0.1, 0.15) is 0 Å². The van der Waals surface area contributed by atoms with E-state index in [1.54, 1.807) is 0 Å². The number of halogens is 1. The number of hydrogen-bond donors (Lipinski definition) is 0. The van der Waals surface area contributed by atoms with Crippen LogP contribution in [0.25, 0.3) is 95.8 Å². The zero-order valence-corrected chi connectivity index (χ0v) is 29.7. The van der Waals surface area contributed by atoms with Gasteiger partial charge >= 0.3 is 300 Å². The second-order valence-electron chi connectivity index (χ2n) is 12.5. The second-order valence-corrected chi connectivity index (χ2v) is 15.8. The van der Waals surface area contributed by atoms with Crippen LogP contribution in [0.5, 0.6) is 0 Å². The molecule has 9 aromatic carbocycles. The summed E-state index contributed by atoms with van der Waals surface area (Å²) >= 11 is 2.70. The van der Waals surface area contributed by atoms with E-state index in [9.17, 15) is 0 Å². The molecule has 0 saturated carbocycles. The molecule has 10 rings (SSSR count). The van der Waals surface area contributed by atoms with Crippen LogP contribution < -0.4 is 0 Å². The molecule has 0 N–H and O–H groups in total. The molecule has 0 spiro atoms. The molecule has 1 heterocycles. The minimum absolute atomic E-state index is 0.165. The van der Waals surface area contributed by atoms with Gasteiger partial charge in [-0.25, -0.2) is 0 Å². The van der Waals surface area contributed by atoms with Crippen molar-refractivity contribution in [2.45, 2.75) is 0 Å². The van der Waals surface area contributed by atoms with Crippen LogP contribution in [-0.2, 0) is 0 Å². The van der Waals surface area contributed by atoms with Gasteiger partial charge in [-0.05, 0) is 0 Å². The van der Waals surface area contributed by atoms with Crippen molar-refractivity contribution in [2.75, 3.05) is 0 Å². The Labute approximate surface area is 298 Å². The predicted molar refractivity (Wildman–Crippen MR) is 217 cm³/mol. The first kappa shape index (κ1) is 28.3. The van der Waals surface area contributed by atoms with Crippen molar-refractivity contribution in [2.24, 2.45) is 0 Å². The van der Waals surface area contributed by atoms with Crippen LogP contribution in [0.2, 0.25) is 0 Å². The number of hydrogen-bond acceptors (Lipinski definition) is 0. The summed E-state index contributed by atoms with van der Waals surface area (Å²) in [5, 5.41) is 13.3. The summed E-state index contributed by atoms with van der Waals surface area (Å²) in [4.78, 5) is 0. The molecule has 0 fully saturated rings. The summed E-state index contributed by atoms with van der Waals surface area (Å²) in [7, 11) is 0. The van der Waals surface area contributed by atoms with Gasteiger partial charge in [-0.3, -0.25) is 0 Å². The van der Waals surface area contributed by atoms with Crippen LogP contribution in [0.3, 0.4) is 0 Å². The van der Waals surface area contributed by atoms with Gasteiger partial charge in [0, 0.05) is 0 Å². The van der Waals surface area contributed by atoms with E-state index in [1.165, 1.54) is 99.3 Å². The van der Waals surface area contributed by atoms with Crippen molar-refractivity contribution in [3.05, 3.63) is 167 Å². The molecule has 0 aliphatic carbocycles. The normalized spacial score (nSPS) is 11.9.